The number of likely N-dealkylation sites (tertiary alicyclic amines) is 1. The Bertz CT molecular complexity index is 1080. The molecule has 3 aliphatic heterocycles. The lowest BCUT2D eigenvalue weighted by Gasteiger charge is -2.39. The van der Waals surface area contributed by atoms with Gasteiger partial charge in [-0.25, -0.2) is 0 Å². The lowest BCUT2D eigenvalue weighted by molar-refractivity contribution is -0.134. The molecule has 0 bridgehead atoms. The number of fused-ring (bicyclic) bond motifs is 1. The van der Waals surface area contributed by atoms with Gasteiger partial charge in [-0.2, -0.15) is 0 Å². The molecule has 0 unspecified atom stereocenters. The fourth-order valence-corrected chi connectivity index (χ4v) is 5.21. The fraction of sp³-hybridized carbons (Fsp3) is 0.500. The molecule has 2 aromatic carbocycles. The molecule has 0 radical (unpaired) electrons. The molecule has 2 aromatic rings. The first-order valence-corrected chi connectivity index (χ1v) is 13.1. The first-order chi connectivity index (χ1) is 17.6. The quantitative estimate of drug-likeness (QED) is 0.593. The van der Waals surface area contributed by atoms with Gasteiger partial charge in [0.1, 0.15) is 6.17 Å². The predicted molar refractivity (Wildman–Crippen MR) is 136 cm³/mol. The zero-order chi connectivity index (χ0) is 24.9. The zero-order valence-electron chi connectivity index (χ0n) is 20.9. The molecule has 2 atom stereocenters. The third kappa shape index (κ3) is 5.28. The van der Waals surface area contributed by atoms with Gasteiger partial charge in [-0.05, 0) is 68.9 Å². The Hall–Kier alpha value is -3.26. The molecule has 3 heterocycles. The summed E-state index contributed by atoms with van der Waals surface area (Å²) in [6, 6.07) is 13.3. The van der Waals surface area contributed by atoms with Crippen molar-refractivity contribution in [2.75, 3.05) is 44.8 Å². The summed E-state index contributed by atoms with van der Waals surface area (Å²) in [5.74, 6) is 1.07. The molecule has 1 N–H and O–H groups in total. The molecule has 36 heavy (non-hydrogen) atoms. The van der Waals surface area contributed by atoms with Gasteiger partial charge in [0.2, 0.25) is 0 Å². The van der Waals surface area contributed by atoms with E-state index in [4.69, 9.17) is 14.2 Å². The average molecular weight is 494 g/mol. The van der Waals surface area contributed by atoms with E-state index in [-0.39, 0.29) is 30.7 Å². The fourth-order valence-electron chi connectivity index (χ4n) is 5.21. The first kappa shape index (κ1) is 24.4. The molecule has 0 saturated carbocycles. The van der Waals surface area contributed by atoms with Crippen LogP contribution in [0.1, 0.15) is 61.1 Å². The second-order valence-corrected chi connectivity index (χ2v) is 9.55. The van der Waals surface area contributed by atoms with Gasteiger partial charge in [0.25, 0.3) is 11.8 Å². The maximum absolute atomic E-state index is 13.5. The number of rotatable bonds is 8. The number of anilines is 1. The Morgan fingerprint density at radius 2 is 1.89 bits per heavy atom. The average Bonchev–Trinajstić information content (AvgIpc) is 3.43. The Morgan fingerprint density at radius 3 is 2.67 bits per heavy atom. The highest BCUT2D eigenvalue weighted by Gasteiger charge is 2.35. The topological polar surface area (TPSA) is 80.3 Å². The van der Waals surface area contributed by atoms with E-state index in [1.54, 1.807) is 0 Å². The number of para-hydroxylation sites is 1. The molecule has 8 nitrogen and oxygen atoms in total. The van der Waals surface area contributed by atoms with Gasteiger partial charge >= 0.3 is 0 Å². The summed E-state index contributed by atoms with van der Waals surface area (Å²) >= 11 is 0. The van der Waals surface area contributed by atoms with Crippen LogP contribution in [0.2, 0.25) is 0 Å². The Balaban J connectivity index is 1.38. The second-order valence-electron chi connectivity index (χ2n) is 9.55. The van der Waals surface area contributed by atoms with Crippen LogP contribution in [0, 0.1) is 0 Å². The lowest BCUT2D eigenvalue weighted by Crippen LogP contribution is -2.46. The molecule has 2 fully saturated rings. The summed E-state index contributed by atoms with van der Waals surface area (Å²) in [4.78, 5) is 29.9. The lowest BCUT2D eigenvalue weighted by atomic mass is 10.0. The van der Waals surface area contributed by atoms with Crippen LogP contribution in [0.3, 0.4) is 0 Å². The highest BCUT2D eigenvalue weighted by Crippen LogP contribution is 2.37. The van der Waals surface area contributed by atoms with Crippen molar-refractivity contribution in [3.63, 3.8) is 0 Å². The van der Waals surface area contributed by atoms with Gasteiger partial charge in [0, 0.05) is 31.9 Å². The molecule has 3 aliphatic rings. The van der Waals surface area contributed by atoms with E-state index in [0.29, 0.717) is 30.2 Å². The van der Waals surface area contributed by atoms with Crippen molar-refractivity contribution in [3.05, 3.63) is 53.6 Å². The SMILES string of the molecule is CCOc1cc([C@@H]2Nc3ccccc3C(=O)N2C[C@@H]2CCCO2)ccc1OCC(=O)N1CCCCC1. The van der Waals surface area contributed by atoms with Gasteiger partial charge in [-0.15, -0.1) is 0 Å². The van der Waals surface area contributed by atoms with E-state index in [2.05, 4.69) is 5.32 Å². The Labute approximate surface area is 212 Å². The maximum Gasteiger partial charge on any atom is 0.260 e. The number of benzene rings is 2. The molecular weight excluding hydrogens is 458 g/mol. The van der Waals surface area contributed by atoms with E-state index in [1.165, 1.54) is 6.42 Å². The van der Waals surface area contributed by atoms with Crippen LogP contribution in [0.5, 0.6) is 11.5 Å². The van der Waals surface area contributed by atoms with Gasteiger partial charge < -0.3 is 29.3 Å². The standard InChI is InChI=1S/C28H35N3O5/c1-2-34-25-17-20(12-13-24(25)36-19-26(32)30-14-6-3-7-15-30)27-29-23-11-5-4-10-22(23)28(33)31(27)18-21-9-8-16-35-21/h4-5,10-13,17,21,27,29H,2-3,6-9,14-16,18-19H2,1H3/t21-,27+/m0/s1. The van der Waals surface area contributed by atoms with Crippen LogP contribution in [0.15, 0.2) is 42.5 Å². The van der Waals surface area contributed by atoms with E-state index < -0.39 is 0 Å². The predicted octanol–water partition coefficient (Wildman–Crippen LogP) is 4.22. The van der Waals surface area contributed by atoms with E-state index in [0.717, 1.165) is 56.6 Å². The number of nitrogens with one attached hydrogen (secondary N) is 1. The summed E-state index contributed by atoms with van der Waals surface area (Å²) in [6.07, 6.45) is 4.87. The molecule has 0 spiro atoms. The van der Waals surface area contributed by atoms with Crippen LogP contribution < -0.4 is 14.8 Å². The molecule has 2 saturated heterocycles. The normalized spacial score (nSPS) is 21.6. The van der Waals surface area contributed by atoms with Crippen molar-refractivity contribution in [1.82, 2.24) is 9.80 Å². The van der Waals surface area contributed by atoms with E-state index in [9.17, 15) is 9.59 Å². The third-order valence-corrected chi connectivity index (χ3v) is 7.09. The smallest absolute Gasteiger partial charge is 0.260 e. The van der Waals surface area contributed by atoms with E-state index >= 15 is 0 Å². The maximum atomic E-state index is 13.5. The molecule has 192 valence electrons. The molecule has 2 amide bonds. The van der Waals surface area contributed by atoms with Crippen molar-refractivity contribution < 1.29 is 23.8 Å². The number of hydrogen-bond acceptors (Lipinski definition) is 6. The molecule has 8 heteroatoms. The monoisotopic (exact) mass is 493 g/mol. The summed E-state index contributed by atoms with van der Waals surface area (Å²) in [5, 5.41) is 3.54. The Morgan fingerprint density at radius 1 is 1.06 bits per heavy atom. The minimum absolute atomic E-state index is 0.000106. The van der Waals surface area contributed by atoms with E-state index in [1.807, 2.05) is 59.2 Å². The van der Waals surface area contributed by atoms with Gasteiger partial charge in [-0.1, -0.05) is 18.2 Å². The molecule has 5 rings (SSSR count). The summed E-state index contributed by atoms with van der Waals surface area (Å²) in [5.41, 5.74) is 2.35. The van der Waals surface area contributed by atoms with Crippen molar-refractivity contribution in [2.24, 2.45) is 0 Å². The minimum Gasteiger partial charge on any atom is -0.490 e. The van der Waals surface area contributed by atoms with Gasteiger partial charge in [0.15, 0.2) is 18.1 Å². The number of nitrogens with zero attached hydrogens (tertiary/aromatic N) is 2. The Kier molecular flexibility index (Phi) is 7.60. The van der Waals surface area contributed by atoms with Crippen molar-refractivity contribution in [2.45, 2.75) is 51.3 Å². The zero-order valence-corrected chi connectivity index (χ0v) is 20.9. The van der Waals surface area contributed by atoms with Crippen LogP contribution in [0.4, 0.5) is 5.69 Å². The molecular formula is C28H35N3O5. The number of carbonyl (C=O) groups excluding carboxylic acids is 2. The van der Waals surface area contributed by atoms with Crippen LogP contribution in [0.25, 0.3) is 0 Å². The van der Waals surface area contributed by atoms with Crippen LogP contribution in [-0.2, 0) is 9.53 Å². The van der Waals surface area contributed by atoms with Crippen molar-refractivity contribution in [3.8, 4) is 11.5 Å². The number of amides is 2. The largest absolute Gasteiger partial charge is 0.490 e. The first-order valence-electron chi connectivity index (χ1n) is 13.1. The highest BCUT2D eigenvalue weighted by atomic mass is 16.5. The molecule has 0 aromatic heterocycles. The van der Waals surface area contributed by atoms with Crippen molar-refractivity contribution in [1.29, 1.82) is 0 Å². The molecule has 0 aliphatic carbocycles. The van der Waals surface area contributed by atoms with Gasteiger partial charge in [0.05, 0.1) is 18.3 Å². The second kappa shape index (κ2) is 11.2. The number of carbonyl (C=O) groups is 2. The minimum atomic E-state index is -0.375. The van der Waals surface area contributed by atoms with Gasteiger partial charge in [-0.3, -0.25) is 9.59 Å². The summed E-state index contributed by atoms with van der Waals surface area (Å²) in [7, 11) is 0. The summed E-state index contributed by atoms with van der Waals surface area (Å²) in [6.45, 7) is 5.19. The number of ether oxygens (including phenoxy) is 3. The van der Waals surface area contributed by atoms with Crippen LogP contribution >= 0.6 is 0 Å². The summed E-state index contributed by atoms with van der Waals surface area (Å²) < 4.78 is 17.7. The third-order valence-electron chi connectivity index (χ3n) is 7.09. The number of piperidine rings is 1. The highest BCUT2D eigenvalue weighted by molar-refractivity contribution is 6.01. The number of hydrogen-bond donors (Lipinski definition) is 1. The van der Waals surface area contributed by atoms with Crippen LogP contribution in [-0.4, -0.2) is 67.2 Å². The van der Waals surface area contributed by atoms with Crippen molar-refractivity contribution >= 4 is 17.5 Å².